The van der Waals surface area contributed by atoms with Gasteiger partial charge in [-0.25, -0.2) is 9.48 Å². The zero-order valence-electron chi connectivity index (χ0n) is 15.4. The van der Waals surface area contributed by atoms with Gasteiger partial charge in [0.05, 0.1) is 19.0 Å². The monoisotopic (exact) mass is 368 g/mol. The molecule has 3 N–H and O–H groups in total. The van der Waals surface area contributed by atoms with Gasteiger partial charge in [0.15, 0.2) is 0 Å². The first-order valence-electron chi connectivity index (χ1n) is 9.08. The third-order valence-electron chi connectivity index (χ3n) is 4.70. The number of aromatic nitrogens is 2. The molecule has 0 radical (unpaired) electrons. The van der Waals surface area contributed by atoms with E-state index in [9.17, 15) is 9.59 Å². The SMILES string of the molecule is COC(=O)c1cnn(-c2ccc(C(=O)NCCC3=CCCCC3)cc2)c1N. The van der Waals surface area contributed by atoms with Gasteiger partial charge in [-0.3, -0.25) is 4.79 Å². The Morgan fingerprint density at radius 2 is 2.04 bits per heavy atom. The Bertz CT molecular complexity index is 853. The summed E-state index contributed by atoms with van der Waals surface area (Å²) in [7, 11) is 1.29. The molecular formula is C20H24N4O3. The minimum Gasteiger partial charge on any atom is -0.465 e. The minimum atomic E-state index is -0.539. The molecule has 1 aromatic heterocycles. The molecule has 1 amide bonds. The summed E-state index contributed by atoms with van der Waals surface area (Å²) < 4.78 is 6.10. The van der Waals surface area contributed by atoms with Crippen molar-refractivity contribution >= 4 is 17.7 Å². The van der Waals surface area contributed by atoms with Crippen molar-refractivity contribution in [2.45, 2.75) is 32.1 Å². The molecule has 0 atom stereocenters. The maximum absolute atomic E-state index is 12.3. The standard InChI is InChI=1S/C20H24N4O3/c1-27-20(26)17-13-23-24(18(17)21)16-9-7-15(8-10-16)19(25)22-12-11-14-5-3-2-4-6-14/h5,7-10,13H,2-4,6,11-12,21H2,1H3,(H,22,25). The lowest BCUT2D eigenvalue weighted by Crippen LogP contribution is -2.24. The molecular weight excluding hydrogens is 344 g/mol. The number of carbonyl (C=O) groups excluding carboxylic acids is 2. The summed E-state index contributed by atoms with van der Waals surface area (Å²) in [5.41, 5.74) is 8.83. The van der Waals surface area contributed by atoms with Gasteiger partial charge in [-0.05, 0) is 56.4 Å². The van der Waals surface area contributed by atoms with Crippen molar-refractivity contribution in [3.8, 4) is 5.69 Å². The number of ether oxygens (including phenoxy) is 1. The molecule has 1 aliphatic carbocycles. The summed E-state index contributed by atoms with van der Waals surface area (Å²) in [4.78, 5) is 23.9. The molecule has 0 fully saturated rings. The second-order valence-electron chi connectivity index (χ2n) is 6.51. The van der Waals surface area contributed by atoms with Gasteiger partial charge in [-0.1, -0.05) is 11.6 Å². The van der Waals surface area contributed by atoms with Crippen LogP contribution >= 0.6 is 0 Å². The van der Waals surface area contributed by atoms with Gasteiger partial charge in [0.2, 0.25) is 0 Å². The highest BCUT2D eigenvalue weighted by Gasteiger charge is 2.16. The first-order valence-corrected chi connectivity index (χ1v) is 9.08. The largest absolute Gasteiger partial charge is 0.465 e. The van der Waals surface area contributed by atoms with E-state index in [0.29, 0.717) is 17.8 Å². The van der Waals surface area contributed by atoms with Gasteiger partial charge in [0, 0.05) is 12.1 Å². The van der Waals surface area contributed by atoms with Crippen LogP contribution in [0.15, 0.2) is 42.1 Å². The fraction of sp³-hybridized carbons (Fsp3) is 0.350. The van der Waals surface area contributed by atoms with Crippen LogP contribution in [0, 0.1) is 0 Å². The van der Waals surface area contributed by atoms with Crippen LogP contribution in [-0.4, -0.2) is 35.3 Å². The topological polar surface area (TPSA) is 99.2 Å². The van der Waals surface area contributed by atoms with E-state index in [1.165, 1.54) is 36.4 Å². The van der Waals surface area contributed by atoms with Crippen LogP contribution in [0.5, 0.6) is 0 Å². The van der Waals surface area contributed by atoms with Gasteiger partial charge in [-0.15, -0.1) is 0 Å². The Labute approximate surface area is 158 Å². The van der Waals surface area contributed by atoms with E-state index in [1.54, 1.807) is 24.3 Å². The molecule has 7 nitrogen and oxygen atoms in total. The molecule has 0 unspecified atom stereocenters. The summed E-state index contributed by atoms with van der Waals surface area (Å²) in [5.74, 6) is -0.454. The van der Waals surface area contributed by atoms with Crippen molar-refractivity contribution in [3.63, 3.8) is 0 Å². The fourth-order valence-electron chi connectivity index (χ4n) is 3.16. The van der Waals surface area contributed by atoms with Crippen LogP contribution in [0.1, 0.15) is 52.8 Å². The van der Waals surface area contributed by atoms with Crippen LogP contribution in [0.4, 0.5) is 5.82 Å². The number of amides is 1. The molecule has 27 heavy (non-hydrogen) atoms. The van der Waals surface area contributed by atoms with Crippen molar-refractivity contribution in [2.24, 2.45) is 0 Å². The van der Waals surface area contributed by atoms with Crippen molar-refractivity contribution in [3.05, 3.63) is 53.2 Å². The van der Waals surface area contributed by atoms with Crippen LogP contribution < -0.4 is 11.1 Å². The minimum absolute atomic E-state index is 0.110. The Hall–Kier alpha value is -3.09. The normalized spacial score (nSPS) is 13.7. The van der Waals surface area contributed by atoms with Gasteiger partial charge >= 0.3 is 5.97 Å². The number of nitrogens with one attached hydrogen (secondary N) is 1. The van der Waals surface area contributed by atoms with Crippen LogP contribution in [0.25, 0.3) is 5.69 Å². The lowest BCUT2D eigenvalue weighted by molar-refractivity contribution is 0.0601. The summed E-state index contributed by atoms with van der Waals surface area (Å²) in [6, 6.07) is 6.90. The van der Waals surface area contributed by atoms with Crippen molar-refractivity contribution in [1.82, 2.24) is 15.1 Å². The molecule has 1 heterocycles. The Balaban J connectivity index is 1.61. The maximum atomic E-state index is 12.3. The van der Waals surface area contributed by atoms with Gasteiger partial charge in [-0.2, -0.15) is 5.10 Å². The third kappa shape index (κ3) is 4.36. The number of nitrogen functional groups attached to an aromatic ring is 1. The summed E-state index contributed by atoms with van der Waals surface area (Å²) in [6.07, 6.45) is 9.37. The zero-order valence-corrected chi connectivity index (χ0v) is 15.4. The Morgan fingerprint density at radius 3 is 2.70 bits per heavy atom. The summed E-state index contributed by atoms with van der Waals surface area (Å²) in [5, 5.41) is 7.07. The third-order valence-corrected chi connectivity index (χ3v) is 4.70. The molecule has 7 heteroatoms. The van der Waals surface area contributed by atoms with E-state index < -0.39 is 5.97 Å². The fourth-order valence-corrected chi connectivity index (χ4v) is 3.16. The van der Waals surface area contributed by atoms with Crippen LogP contribution in [0.2, 0.25) is 0 Å². The number of methoxy groups -OCH3 is 1. The molecule has 142 valence electrons. The number of nitrogens with two attached hydrogens (primary N) is 1. The molecule has 0 bridgehead atoms. The van der Waals surface area contributed by atoms with E-state index in [1.807, 2.05) is 0 Å². The molecule has 2 aromatic rings. The first kappa shape index (κ1) is 18.7. The first-order chi connectivity index (χ1) is 13.1. The number of esters is 1. The van der Waals surface area contributed by atoms with E-state index >= 15 is 0 Å². The molecule has 0 spiro atoms. The summed E-state index contributed by atoms with van der Waals surface area (Å²) >= 11 is 0. The van der Waals surface area contributed by atoms with Gasteiger partial charge in [0.1, 0.15) is 11.4 Å². The van der Waals surface area contributed by atoms with Gasteiger partial charge in [0.25, 0.3) is 5.91 Å². The molecule has 0 saturated heterocycles. The van der Waals surface area contributed by atoms with Crippen molar-refractivity contribution in [2.75, 3.05) is 19.4 Å². The van der Waals surface area contributed by atoms with Crippen molar-refractivity contribution < 1.29 is 14.3 Å². The van der Waals surface area contributed by atoms with Crippen molar-refractivity contribution in [1.29, 1.82) is 0 Å². The number of hydrogen-bond donors (Lipinski definition) is 2. The second kappa shape index (κ2) is 8.53. The molecule has 0 saturated carbocycles. The highest BCUT2D eigenvalue weighted by atomic mass is 16.5. The molecule has 0 aliphatic heterocycles. The van der Waals surface area contributed by atoms with E-state index in [4.69, 9.17) is 5.73 Å². The highest BCUT2D eigenvalue weighted by Crippen LogP contribution is 2.20. The van der Waals surface area contributed by atoms with E-state index in [-0.39, 0.29) is 17.3 Å². The number of rotatable bonds is 6. The van der Waals surface area contributed by atoms with E-state index in [0.717, 1.165) is 19.3 Å². The molecule has 3 rings (SSSR count). The number of benzene rings is 1. The number of hydrogen-bond acceptors (Lipinski definition) is 5. The van der Waals surface area contributed by atoms with Crippen LogP contribution in [-0.2, 0) is 4.74 Å². The van der Waals surface area contributed by atoms with Crippen LogP contribution in [0.3, 0.4) is 0 Å². The zero-order chi connectivity index (χ0) is 19.2. The average molecular weight is 368 g/mol. The number of nitrogens with zero attached hydrogens (tertiary/aromatic N) is 2. The number of allylic oxidation sites excluding steroid dienone is 1. The Morgan fingerprint density at radius 1 is 1.26 bits per heavy atom. The quantitative estimate of drug-likeness (QED) is 0.603. The van der Waals surface area contributed by atoms with Gasteiger partial charge < -0.3 is 15.8 Å². The lowest BCUT2D eigenvalue weighted by Gasteiger charge is -2.13. The predicted molar refractivity (Wildman–Crippen MR) is 103 cm³/mol. The smallest absolute Gasteiger partial charge is 0.343 e. The predicted octanol–water partition coefficient (Wildman–Crippen LogP) is 2.86. The summed E-state index contributed by atoms with van der Waals surface area (Å²) in [6.45, 7) is 0.640. The lowest BCUT2D eigenvalue weighted by atomic mass is 9.97. The molecule has 1 aliphatic rings. The number of carbonyl (C=O) groups is 2. The second-order valence-corrected chi connectivity index (χ2v) is 6.51. The van der Waals surface area contributed by atoms with E-state index in [2.05, 4.69) is 21.2 Å². The molecule has 1 aromatic carbocycles. The average Bonchev–Trinajstić information content (AvgIpc) is 3.09. The Kier molecular flexibility index (Phi) is 5.90. The maximum Gasteiger partial charge on any atom is 0.343 e. The highest BCUT2D eigenvalue weighted by molar-refractivity contribution is 5.95. The number of anilines is 1.